The highest BCUT2D eigenvalue weighted by Crippen LogP contribution is 2.20. The summed E-state index contributed by atoms with van der Waals surface area (Å²) < 4.78 is 6.11. The highest BCUT2D eigenvalue weighted by atomic mass is 16.5. The monoisotopic (exact) mass is 534 g/mol. The van der Waals surface area contributed by atoms with Crippen molar-refractivity contribution < 1.29 is 19.1 Å². The van der Waals surface area contributed by atoms with Crippen LogP contribution in [0.4, 0.5) is 10.5 Å². The van der Waals surface area contributed by atoms with Crippen molar-refractivity contribution in [2.45, 2.75) is 39.3 Å². The van der Waals surface area contributed by atoms with E-state index in [2.05, 4.69) is 31.4 Å². The normalized spacial score (nSPS) is 11.7. The zero-order valence-electron chi connectivity index (χ0n) is 22.8. The SMILES string of the molecule is COC(=O)NC(CC/C=C/C(=O)N(C)C)C(=O)Nc1cccn(Cc2cc3nccc(C=C(C)C)c3[nH]2)c1=O. The third-order valence-corrected chi connectivity index (χ3v) is 5.79. The number of likely N-dealkylation sites (N-methyl/N-ethyl adjacent to an activating group) is 1. The van der Waals surface area contributed by atoms with E-state index in [1.54, 1.807) is 38.6 Å². The molecule has 3 aromatic heterocycles. The van der Waals surface area contributed by atoms with E-state index in [4.69, 9.17) is 0 Å². The third-order valence-electron chi connectivity index (χ3n) is 5.79. The average Bonchev–Trinajstić information content (AvgIpc) is 3.31. The van der Waals surface area contributed by atoms with E-state index in [0.717, 1.165) is 27.9 Å². The van der Waals surface area contributed by atoms with Crippen LogP contribution < -0.4 is 16.2 Å². The van der Waals surface area contributed by atoms with Crippen molar-refractivity contribution in [1.82, 2.24) is 24.8 Å². The molecule has 0 aliphatic rings. The molecule has 1 atom stereocenters. The van der Waals surface area contributed by atoms with Gasteiger partial charge < -0.3 is 29.8 Å². The lowest BCUT2D eigenvalue weighted by molar-refractivity contribution is -0.123. The third kappa shape index (κ3) is 7.91. The first-order valence-corrected chi connectivity index (χ1v) is 12.4. The quantitative estimate of drug-likeness (QED) is 0.341. The van der Waals surface area contributed by atoms with E-state index < -0.39 is 23.6 Å². The molecule has 3 aromatic rings. The van der Waals surface area contributed by atoms with Gasteiger partial charge in [0.05, 0.1) is 24.7 Å². The smallest absolute Gasteiger partial charge is 0.407 e. The molecule has 0 fully saturated rings. The van der Waals surface area contributed by atoms with Crippen molar-refractivity contribution in [2.75, 3.05) is 26.5 Å². The van der Waals surface area contributed by atoms with Crippen LogP contribution in [0, 0.1) is 0 Å². The Bertz CT molecular complexity index is 1460. The molecule has 0 aliphatic heterocycles. The lowest BCUT2D eigenvalue weighted by atomic mass is 10.1. The van der Waals surface area contributed by atoms with Crippen LogP contribution in [0.3, 0.4) is 0 Å². The molecular weight excluding hydrogens is 500 g/mol. The number of nitrogens with zero attached hydrogens (tertiary/aromatic N) is 3. The zero-order chi connectivity index (χ0) is 28.5. The number of ether oxygens (including phenoxy) is 1. The standard InChI is InChI=1S/C28H34N6O5/c1-18(2)15-19-12-13-29-23-16-20(30-25(19)23)17-34-14-8-10-22(27(34)37)31-26(36)21(32-28(38)39-5)9-6-7-11-24(35)33(3)4/h7-8,10-16,21,30H,6,9,17H2,1-5H3,(H,31,36)(H,32,38)/b11-7+. The second-order valence-electron chi connectivity index (χ2n) is 9.42. The number of pyridine rings is 2. The molecule has 0 spiro atoms. The van der Waals surface area contributed by atoms with Crippen LogP contribution in [0.2, 0.25) is 0 Å². The molecular formula is C28H34N6O5. The Labute approximate surface area is 226 Å². The van der Waals surface area contributed by atoms with Crippen molar-refractivity contribution in [2.24, 2.45) is 0 Å². The van der Waals surface area contributed by atoms with Gasteiger partial charge in [-0.05, 0) is 57.0 Å². The fourth-order valence-electron chi connectivity index (χ4n) is 3.84. The van der Waals surface area contributed by atoms with E-state index in [0.29, 0.717) is 6.42 Å². The number of anilines is 1. The molecule has 3 N–H and O–H groups in total. The predicted octanol–water partition coefficient (Wildman–Crippen LogP) is 3.28. The lowest BCUT2D eigenvalue weighted by Gasteiger charge is -2.17. The van der Waals surface area contributed by atoms with Crippen LogP contribution >= 0.6 is 0 Å². The van der Waals surface area contributed by atoms with E-state index in [-0.39, 0.29) is 24.6 Å². The number of carbonyl (C=O) groups is 3. The van der Waals surface area contributed by atoms with Crippen LogP contribution in [0.5, 0.6) is 0 Å². The van der Waals surface area contributed by atoms with Gasteiger partial charge in [-0.2, -0.15) is 0 Å². The molecule has 0 saturated carbocycles. The van der Waals surface area contributed by atoms with Gasteiger partial charge in [-0.3, -0.25) is 19.4 Å². The van der Waals surface area contributed by atoms with Crippen LogP contribution in [0.25, 0.3) is 17.1 Å². The summed E-state index contributed by atoms with van der Waals surface area (Å²) in [5.74, 6) is -0.774. The molecule has 3 amide bonds. The van der Waals surface area contributed by atoms with E-state index in [1.807, 2.05) is 26.0 Å². The fraction of sp³-hybridized carbons (Fsp3) is 0.321. The molecule has 11 nitrogen and oxygen atoms in total. The van der Waals surface area contributed by atoms with Crippen LogP contribution in [0.15, 0.2) is 59.2 Å². The maximum Gasteiger partial charge on any atom is 0.407 e. The molecule has 0 aromatic carbocycles. The molecule has 11 heteroatoms. The number of rotatable bonds is 10. The molecule has 0 radical (unpaired) electrons. The summed E-state index contributed by atoms with van der Waals surface area (Å²) in [5, 5.41) is 5.10. The molecule has 39 heavy (non-hydrogen) atoms. The first-order chi connectivity index (χ1) is 18.6. The summed E-state index contributed by atoms with van der Waals surface area (Å²) in [6.07, 6.45) is 8.19. The minimum absolute atomic E-state index is 0.0666. The number of hydrogen-bond donors (Lipinski definition) is 3. The number of fused-ring (bicyclic) bond motifs is 1. The van der Waals surface area contributed by atoms with Crippen LogP contribution in [0.1, 0.15) is 37.9 Å². The Morgan fingerprint density at radius 3 is 2.69 bits per heavy atom. The highest BCUT2D eigenvalue weighted by Gasteiger charge is 2.22. The minimum Gasteiger partial charge on any atom is -0.453 e. The fourth-order valence-corrected chi connectivity index (χ4v) is 3.84. The number of amides is 3. The summed E-state index contributed by atoms with van der Waals surface area (Å²) >= 11 is 0. The molecule has 0 saturated heterocycles. The summed E-state index contributed by atoms with van der Waals surface area (Å²) in [5.41, 5.74) is 4.26. The van der Waals surface area contributed by atoms with Crippen LogP contribution in [-0.2, 0) is 20.9 Å². The Kier molecular flexibility index (Phi) is 9.80. The maximum atomic E-state index is 13.2. The maximum absolute atomic E-state index is 13.2. The topological polar surface area (TPSA) is 138 Å². The number of hydrogen-bond acceptors (Lipinski definition) is 6. The molecule has 206 valence electrons. The average molecular weight is 535 g/mol. The summed E-state index contributed by atoms with van der Waals surface area (Å²) in [4.78, 5) is 58.9. The predicted molar refractivity (Wildman–Crippen MR) is 150 cm³/mol. The minimum atomic E-state index is -0.988. The zero-order valence-corrected chi connectivity index (χ0v) is 22.8. The Morgan fingerprint density at radius 1 is 1.23 bits per heavy atom. The molecule has 1 unspecified atom stereocenters. The first-order valence-electron chi connectivity index (χ1n) is 12.4. The number of aromatic amines is 1. The Morgan fingerprint density at radius 2 is 2.00 bits per heavy atom. The van der Waals surface area contributed by atoms with Crippen molar-refractivity contribution >= 4 is 40.7 Å². The number of nitrogens with one attached hydrogen (secondary N) is 3. The van der Waals surface area contributed by atoms with Crippen LogP contribution in [-0.4, -0.2) is 64.6 Å². The number of methoxy groups -OCH3 is 1. The molecule has 0 bridgehead atoms. The molecule has 3 heterocycles. The largest absolute Gasteiger partial charge is 0.453 e. The van der Waals surface area contributed by atoms with Crippen molar-refractivity contribution in [3.63, 3.8) is 0 Å². The van der Waals surface area contributed by atoms with Crippen molar-refractivity contribution in [1.29, 1.82) is 0 Å². The van der Waals surface area contributed by atoms with Gasteiger partial charge in [0.25, 0.3) is 5.56 Å². The van der Waals surface area contributed by atoms with Gasteiger partial charge in [0.2, 0.25) is 11.8 Å². The summed E-state index contributed by atoms with van der Waals surface area (Å²) in [6, 6.07) is 5.98. The van der Waals surface area contributed by atoms with Gasteiger partial charge in [0.15, 0.2) is 0 Å². The van der Waals surface area contributed by atoms with Gasteiger partial charge in [0.1, 0.15) is 11.7 Å². The Hall–Kier alpha value is -4.67. The number of H-pyrrole nitrogens is 1. The van der Waals surface area contributed by atoms with Crippen molar-refractivity contribution in [3.8, 4) is 0 Å². The molecule has 3 rings (SSSR count). The van der Waals surface area contributed by atoms with E-state index in [1.165, 1.54) is 28.7 Å². The molecule has 0 aliphatic carbocycles. The van der Waals surface area contributed by atoms with E-state index >= 15 is 0 Å². The Balaban J connectivity index is 1.77. The first kappa shape index (κ1) is 28.9. The van der Waals surface area contributed by atoms with Gasteiger partial charge in [0, 0.05) is 37.7 Å². The van der Waals surface area contributed by atoms with E-state index in [9.17, 15) is 19.2 Å². The number of carbonyl (C=O) groups excluding carboxylic acids is 3. The number of allylic oxidation sites excluding steroid dienone is 2. The van der Waals surface area contributed by atoms with Crippen molar-refractivity contribution in [3.05, 3.63) is 76.0 Å². The van der Waals surface area contributed by atoms with Gasteiger partial charge in [-0.15, -0.1) is 0 Å². The number of aromatic nitrogens is 3. The highest BCUT2D eigenvalue weighted by molar-refractivity contribution is 5.96. The lowest BCUT2D eigenvalue weighted by Crippen LogP contribution is -2.44. The summed E-state index contributed by atoms with van der Waals surface area (Å²) in [6.45, 7) is 4.27. The van der Waals surface area contributed by atoms with Gasteiger partial charge in [-0.25, -0.2) is 4.79 Å². The number of alkyl carbamates (subject to hydrolysis) is 1. The van der Waals surface area contributed by atoms with Gasteiger partial charge in [-0.1, -0.05) is 17.7 Å². The van der Waals surface area contributed by atoms with Gasteiger partial charge >= 0.3 is 6.09 Å². The second-order valence-corrected chi connectivity index (χ2v) is 9.42. The second kappa shape index (κ2) is 13.2. The summed E-state index contributed by atoms with van der Waals surface area (Å²) in [7, 11) is 4.45.